The molecule has 15 heteroatoms. The molecule has 1 atom stereocenters. The van der Waals surface area contributed by atoms with Gasteiger partial charge in [-0.2, -0.15) is 26.3 Å². The second-order valence-electron chi connectivity index (χ2n) is 6.55. The van der Waals surface area contributed by atoms with E-state index in [2.05, 4.69) is 38.4 Å². The number of aromatic amines is 1. The van der Waals surface area contributed by atoms with Crippen LogP contribution in [0.3, 0.4) is 0 Å². The highest BCUT2D eigenvalue weighted by molar-refractivity contribution is 5.73. The third-order valence-electron chi connectivity index (χ3n) is 3.57. The molecule has 9 nitrogen and oxygen atoms in total. The lowest BCUT2D eigenvalue weighted by Gasteiger charge is -2.22. The molecule has 2 rings (SSSR count). The van der Waals surface area contributed by atoms with Crippen molar-refractivity contribution in [1.29, 1.82) is 0 Å². The molecule has 0 aliphatic carbocycles. The van der Waals surface area contributed by atoms with Gasteiger partial charge in [0.25, 0.3) is 0 Å². The molecule has 2 aromatic rings. The standard InChI is InChI=1S/C13H21N5.2C2HF3O2/c1-10-7-15-13(16-10)9-17(4)8-11(2)18-6-5-14-12(18)3;2*3-2(4,5)1(6)7/h5-7,11H,8-9H2,1-4H3,(H,15,16);2*(H,6,7). The Bertz CT molecular complexity index is 838. The number of carboxylic acids is 2. The van der Waals surface area contributed by atoms with Crippen molar-refractivity contribution in [3.05, 3.63) is 35.9 Å². The highest BCUT2D eigenvalue weighted by Gasteiger charge is 2.38. The van der Waals surface area contributed by atoms with Crippen molar-refractivity contribution in [1.82, 2.24) is 24.4 Å². The minimum atomic E-state index is -5.08. The summed E-state index contributed by atoms with van der Waals surface area (Å²) in [5.41, 5.74) is 1.11. The number of imidazole rings is 2. The predicted molar refractivity (Wildman–Crippen MR) is 98.7 cm³/mol. The number of hydrogen-bond donors (Lipinski definition) is 3. The molecule has 182 valence electrons. The Labute approximate surface area is 178 Å². The summed E-state index contributed by atoms with van der Waals surface area (Å²) in [5, 5.41) is 14.2. The summed E-state index contributed by atoms with van der Waals surface area (Å²) in [4.78, 5) is 31.9. The molecular formula is C17H23F6N5O4. The first-order chi connectivity index (χ1) is 14.4. The minimum absolute atomic E-state index is 0.411. The zero-order chi connectivity index (χ0) is 25.3. The van der Waals surface area contributed by atoms with Crippen LogP contribution in [-0.4, -0.2) is 72.5 Å². The lowest BCUT2D eigenvalue weighted by Crippen LogP contribution is -2.26. The Morgan fingerprint density at radius 1 is 1.09 bits per heavy atom. The average Bonchev–Trinajstić information content (AvgIpc) is 3.22. The monoisotopic (exact) mass is 475 g/mol. The van der Waals surface area contributed by atoms with E-state index >= 15 is 0 Å². The SMILES string of the molecule is Cc1cnc(CN(C)CC(C)n2ccnc2C)[nH]1.O=C(O)C(F)(F)F.O=C(O)C(F)(F)F. The molecule has 0 bridgehead atoms. The van der Waals surface area contributed by atoms with E-state index in [1.165, 1.54) is 0 Å². The van der Waals surface area contributed by atoms with Crippen LogP contribution in [0, 0.1) is 13.8 Å². The second-order valence-corrected chi connectivity index (χ2v) is 6.55. The van der Waals surface area contributed by atoms with Crippen molar-refractivity contribution in [3.63, 3.8) is 0 Å². The number of aliphatic carboxylic acids is 2. The van der Waals surface area contributed by atoms with Crippen LogP contribution < -0.4 is 0 Å². The number of nitrogens with one attached hydrogen (secondary N) is 1. The van der Waals surface area contributed by atoms with E-state index in [-0.39, 0.29) is 0 Å². The summed E-state index contributed by atoms with van der Waals surface area (Å²) in [7, 11) is 2.11. The van der Waals surface area contributed by atoms with E-state index in [9.17, 15) is 26.3 Å². The van der Waals surface area contributed by atoms with Gasteiger partial charge >= 0.3 is 24.3 Å². The van der Waals surface area contributed by atoms with E-state index in [4.69, 9.17) is 19.8 Å². The predicted octanol–water partition coefficient (Wildman–Crippen LogP) is 3.18. The van der Waals surface area contributed by atoms with Gasteiger partial charge in [0.15, 0.2) is 0 Å². The first kappa shape index (κ1) is 28.9. The summed E-state index contributed by atoms with van der Waals surface area (Å²) >= 11 is 0. The van der Waals surface area contributed by atoms with Crippen LogP contribution in [0.1, 0.15) is 30.3 Å². The third kappa shape index (κ3) is 11.3. The van der Waals surface area contributed by atoms with E-state index in [1.54, 1.807) is 0 Å². The highest BCUT2D eigenvalue weighted by atomic mass is 19.4. The molecule has 32 heavy (non-hydrogen) atoms. The van der Waals surface area contributed by atoms with Crippen molar-refractivity contribution >= 4 is 11.9 Å². The topological polar surface area (TPSA) is 124 Å². The Hall–Kier alpha value is -3.10. The van der Waals surface area contributed by atoms with Crippen LogP contribution in [0.5, 0.6) is 0 Å². The van der Waals surface area contributed by atoms with Gasteiger partial charge in [-0.05, 0) is 27.8 Å². The number of rotatable bonds is 5. The lowest BCUT2D eigenvalue weighted by molar-refractivity contribution is -0.193. The fourth-order valence-electron chi connectivity index (χ4n) is 2.26. The first-order valence-electron chi connectivity index (χ1n) is 8.73. The number of H-pyrrole nitrogens is 1. The van der Waals surface area contributed by atoms with Gasteiger partial charge < -0.3 is 19.8 Å². The minimum Gasteiger partial charge on any atom is -0.475 e. The van der Waals surface area contributed by atoms with Gasteiger partial charge in [0.05, 0.1) is 6.54 Å². The van der Waals surface area contributed by atoms with Crippen molar-refractivity contribution in [2.45, 2.75) is 45.7 Å². The molecule has 0 spiro atoms. The number of hydrogen-bond acceptors (Lipinski definition) is 5. The number of nitrogens with zero attached hydrogens (tertiary/aromatic N) is 4. The maximum absolute atomic E-state index is 10.6. The molecule has 2 heterocycles. The number of aromatic nitrogens is 4. The fraction of sp³-hybridized carbons (Fsp3) is 0.529. The number of likely N-dealkylation sites (N-methyl/N-ethyl adjacent to an activating group) is 1. The van der Waals surface area contributed by atoms with Gasteiger partial charge in [-0.15, -0.1) is 0 Å². The molecule has 1 unspecified atom stereocenters. The van der Waals surface area contributed by atoms with Crippen LogP contribution in [0.4, 0.5) is 26.3 Å². The van der Waals surface area contributed by atoms with Gasteiger partial charge in [0.1, 0.15) is 11.6 Å². The molecule has 0 saturated carbocycles. The lowest BCUT2D eigenvalue weighted by atomic mass is 10.3. The molecule has 0 aliphatic heterocycles. The Morgan fingerprint density at radius 2 is 1.56 bits per heavy atom. The van der Waals surface area contributed by atoms with Gasteiger partial charge in [-0.3, -0.25) is 4.90 Å². The van der Waals surface area contributed by atoms with Crippen molar-refractivity contribution in [3.8, 4) is 0 Å². The van der Waals surface area contributed by atoms with Gasteiger partial charge in [-0.25, -0.2) is 19.6 Å². The van der Waals surface area contributed by atoms with E-state index in [0.29, 0.717) is 6.04 Å². The van der Waals surface area contributed by atoms with E-state index in [1.807, 2.05) is 32.4 Å². The van der Waals surface area contributed by atoms with Gasteiger partial charge in [-0.1, -0.05) is 0 Å². The van der Waals surface area contributed by atoms with Crippen LogP contribution in [0.2, 0.25) is 0 Å². The fourth-order valence-corrected chi connectivity index (χ4v) is 2.26. The van der Waals surface area contributed by atoms with Crippen molar-refractivity contribution in [2.24, 2.45) is 0 Å². The van der Waals surface area contributed by atoms with E-state index in [0.717, 1.165) is 30.4 Å². The second kappa shape index (κ2) is 12.1. The summed E-state index contributed by atoms with van der Waals surface area (Å²) in [6.07, 6.45) is -4.42. The van der Waals surface area contributed by atoms with Crippen LogP contribution in [0.15, 0.2) is 18.6 Å². The maximum Gasteiger partial charge on any atom is 0.490 e. The van der Waals surface area contributed by atoms with Crippen molar-refractivity contribution < 1.29 is 46.1 Å². The molecule has 0 fully saturated rings. The third-order valence-corrected chi connectivity index (χ3v) is 3.57. The smallest absolute Gasteiger partial charge is 0.475 e. The Morgan fingerprint density at radius 3 is 1.88 bits per heavy atom. The van der Waals surface area contributed by atoms with Crippen LogP contribution >= 0.6 is 0 Å². The van der Waals surface area contributed by atoms with Crippen LogP contribution in [0.25, 0.3) is 0 Å². The molecule has 0 saturated heterocycles. The maximum atomic E-state index is 10.6. The largest absolute Gasteiger partial charge is 0.490 e. The Kier molecular flexibility index (Phi) is 10.9. The molecule has 0 aromatic carbocycles. The number of alkyl halides is 6. The average molecular weight is 475 g/mol. The van der Waals surface area contributed by atoms with Gasteiger partial charge in [0.2, 0.25) is 0 Å². The normalized spacial score (nSPS) is 12.3. The summed E-state index contributed by atoms with van der Waals surface area (Å²) in [5.74, 6) is -3.44. The Balaban J connectivity index is 0.000000570. The van der Waals surface area contributed by atoms with Gasteiger partial charge in [0, 0.05) is 36.9 Å². The van der Waals surface area contributed by atoms with Crippen molar-refractivity contribution in [2.75, 3.05) is 13.6 Å². The highest BCUT2D eigenvalue weighted by Crippen LogP contribution is 2.14. The molecule has 2 aromatic heterocycles. The number of carboxylic acid groups (broad SMARTS) is 2. The number of aryl methyl sites for hydroxylation is 2. The molecule has 0 radical (unpaired) electrons. The van der Waals surface area contributed by atoms with E-state index < -0.39 is 24.3 Å². The zero-order valence-corrected chi connectivity index (χ0v) is 17.5. The quantitative estimate of drug-likeness (QED) is 0.568. The summed E-state index contributed by atoms with van der Waals surface area (Å²) < 4.78 is 65.7. The number of halogens is 6. The molecule has 3 N–H and O–H groups in total. The summed E-state index contributed by atoms with van der Waals surface area (Å²) in [6, 6.07) is 0.411. The molecule has 0 aliphatic rings. The number of carbonyl (C=O) groups is 2. The summed E-state index contributed by atoms with van der Waals surface area (Å²) in [6.45, 7) is 8.07. The molecule has 0 amide bonds. The zero-order valence-electron chi connectivity index (χ0n) is 17.5. The molecular weight excluding hydrogens is 452 g/mol. The first-order valence-corrected chi connectivity index (χ1v) is 8.73. The van der Waals surface area contributed by atoms with Crippen LogP contribution in [-0.2, 0) is 16.1 Å².